The Morgan fingerprint density at radius 2 is 1.74 bits per heavy atom. The minimum atomic E-state index is -3.22. The van der Waals surface area contributed by atoms with Gasteiger partial charge in [0.2, 0.25) is 5.95 Å². The lowest BCUT2D eigenvalue weighted by molar-refractivity contribution is -0.119. The van der Waals surface area contributed by atoms with Crippen molar-refractivity contribution in [1.29, 1.82) is 0 Å². The van der Waals surface area contributed by atoms with Gasteiger partial charge in [0.25, 0.3) is 18.8 Å². The quantitative estimate of drug-likeness (QED) is 0.432. The third-order valence-electron chi connectivity index (χ3n) is 4.23. The molecule has 0 aliphatic heterocycles. The largest absolute Gasteiger partial charge is 0.291 e. The predicted molar refractivity (Wildman–Crippen MR) is 106 cm³/mol. The Morgan fingerprint density at radius 1 is 1.10 bits per heavy atom. The van der Waals surface area contributed by atoms with Crippen LogP contribution in [-0.4, -0.2) is 30.5 Å². The van der Waals surface area contributed by atoms with Crippen LogP contribution in [0.4, 0.5) is 23.5 Å². The Kier molecular flexibility index (Phi) is 7.07. The smallest absolute Gasteiger partial charge is 0.283 e. The molecule has 14 heteroatoms. The van der Waals surface area contributed by atoms with E-state index < -0.39 is 41.2 Å². The van der Waals surface area contributed by atoms with Crippen molar-refractivity contribution in [2.75, 3.05) is 5.32 Å². The zero-order chi connectivity index (χ0) is 22.9. The van der Waals surface area contributed by atoms with E-state index in [1.165, 1.54) is 17.9 Å². The summed E-state index contributed by atoms with van der Waals surface area (Å²) in [4.78, 5) is 16.4. The molecule has 2 aromatic heterocycles. The maximum absolute atomic E-state index is 13.3. The molecule has 0 radical (unpaired) electrons. The second-order valence-corrected chi connectivity index (χ2v) is 7.45. The van der Waals surface area contributed by atoms with Gasteiger partial charge in [0.05, 0.1) is 11.6 Å². The first-order valence-corrected chi connectivity index (χ1v) is 9.70. The fraction of sp³-hybridized carbons (Fsp3) is 0.294. The molecule has 1 atom stereocenters. The number of nitrogens with one attached hydrogen (secondary N) is 1. The van der Waals surface area contributed by atoms with Gasteiger partial charge in [-0.05, 0) is 19.1 Å². The molecule has 0 saturated heterocycles. The number of alkyl halides is 4. The van der Waals surface area contributed by atoms with E-state index >= 15 is 0 Å². The molecule has 1 aromatic carbocycles. The number of amides is 1. The van der Waals surface area contributed by atoms with Gasteiger partial charge in [-0.1, -0.05) is 40.9 Å². The number of carbonyl (C=O) groups is 1. The van der Waals surface area contributed by atoms with Crippen LogP contribution < -0.4 is 5.32 Å². The number of anilines is 1. The number of benzene rings is 1. The minimum Gasteiger partial charge on any atom is -0.291 e. The van der Waals surface area contributed by atoms with Crippen molar-refractivity contribution < 1.29 is 22.4 Å². The second-order valence-electron chi connectivity index (χ2n) is 6.26. The highest BCUT2D eigenvalue weighted by molar-refractivity contribution is 6.36. The third-order valence-corrected chi connectivity index (χ3v) is 5.32. The number of aromatic nitrogens is 5. The van der Waals surface area contributed by atoms with Crippen LogP contribution in [0, 0.1) is 0 Å². The molecule has 3 rings (SSSR count). The Balaban J connectivity index is 1.78. The molecule has 1 unspecified atom stereocenters. The maximum atomic E-state index is 13.3. The van der Waals surface area contributed by atoms with Gasteiger partial charge in [-0.15, -0.1) is 5.10 Å². The number of carbonyl (C=O) groups excluding carboxylic acids is 1. The van der Waals surface area contributed by atoms with Gasteiger partial charge in [-0.3, -0.25) is 10.1 Å². The van der Waals surface area contributed by atoms with Crippen molar-refractivity contribution in [3.8, 4) is 0 Å². The van der Waals surface area contributed by atoms with Crippen LogP contribution >= 0.6 is 34.8 Å². The van der Waals surface area contributed by atoms with Gasteiger partial charge in [-0.2, -0.15) is 5.10 Å². The van der Waals surface area contributed by atoms with E-state index in [2.05, 4.69) is 20.5 Å². The maximum Gasteiger partial charge on any atom is 0.283 e. The molecular formula is C17H13Cl3F4N6O. The van der Waals surface area contributed by atoms with Crippen molar-refractivity contribution >= 4 is 46.7 Å². The molecule has 0 bridgehead atoms. The normalized spacial score (nSPS) is 12.6. The summed E-state index contributed by atoms with van der Waals surface area (Å²) < 4.78 is 54.4. The number of hydrogen-bond acceptors (Lipinski definition) is 4. The van der Waals surface area contributed by atoms with Gasteiger partial charge in [0, 0.05) is 15.6 Å². The van der Waals surface area contributed by atoms with Crippen molar-refractivity contribution in [2.24, 2.45) is 0 Å². The summed E-state index contributed by atoms with van der Waals surface area (Å²) in [6.07, 6.45) is -5.11. The van der Waals surface area contributed by atoms with Crippen molar-refractivity contribution in [3.63, 3.8) is 0 Å². The number of nitrogens with zero attached hydrogens (tertiary/aromatic N) is 5. The SMILES string of the molecule is CC(C(=O)Nc1ncn(Cc2c(Cl)cccc2Cl)n1)n1nc(C(F)F)c(Cl)c1C(F)F. The van der Waals surface area contributed by atoms with Gasteiger partial charge < -0.3 is 0 Å². The summed E-state index contributed by atoms with van der Waals surface area (Å²) in [7, 11) is 0. The summed E-state index contributed by atoms with van der Waals surface area (Å²) in [5, 5.41) is 9.69. The van der Waals surface area contributed by atoms with E-state index in [4.69, 9.17) is 34.8 Å². The third kappa shape index (κ3) is 4.94. The van der Waals surface area contributed by atoms with Gasteiger partial charge in [0.1, 0.15) is 23.8 Å². The summed E-state index contributed by atoms with van der Waals surface area (Å²) in [5.41, 5.74) is -1.43. The summed E-state index contributed by atoms with van der Waals surface area (Å²) >= 11 is 17.8. The zero-order valence-electron chi connectivity index (χ0n) is 15.5. The predicted octanol–water partition coefficient (Wildman–Crippen LogP) is 5.56. The summed E-state index contributed by atoms with van der Waals surface area (Å²) in [6.45, 7) is 1.35. The molecule has 166 valence electrons. The second kappa shape index (κ2) is 9.41. The van der Waals surface area contributed by atoms with E-state index in [-0.39, 0.29) is 12.5 Å². The highest BCUT2D eigenvalue weighted by atomic mass is 35.5. The lowest BCUT2D eigenvalue weighted by atomic mass is 10.2. The van der Waals surface area contributed by atoms with Crippen molar-refractivity contribution in [2.45, 2.75) is 32.4 Å². The summed E-state index contributed by atoms with van der Waals surface area (Å²) in [5.74, 6) is -1.01. The lowest BCUT2D eigenvalue weighted by Crippen LogP contribution is -2.26. The molecule has 0 fully saturated rings. The molecular weight excluding hydrogens is 487 g/mol. The van der Waals surface area contributed by atoms with Crippen LogP contribution in [0.3, 0.4) is 0 Å². The average molecular weight is 500 g/mol. The molecule has 0 aliphatic carbocycles. The fourth-order valence-corrected chi connectivity index (χ4v) is 3.48. The molecule has 0 aliphatic rings. The Bertz CT molecular complexity index is 1080. The lowest BCUT2D eigenvalue weighted by Gasteiger charge is -2.14. The van der Waals surface area contributed by atoms with Crippen LogP contribution in [0.1, 0.15) is 42.8 Å². The topological polar surface area (TPSA) is 77.6 Å². The highest BCUT2D eigenvalue weighted by Gasteiger charge is 2.32. The number of hydrogen-bond donors (Lipinski definition) is 1. The molecule has 0 spiro atoms. The van der Waals surface area contributed by atoms with Crippen molar-refractivity contribution in [3.05, 3.63) is 56.5 Å². The van der Waals surface area contributed by atoms with Crippen LogP contribution in [0.25, 0.3) is 0 Å². The Morgan fingerprint density at radius 3 is 2.32 bits per heavy atom. The fourth-order valence-electron chi connectivity index (χ4n) is 2.68. The Hall–Kier alpha value is -2.37. The molecule has 1 N–H and O–H groups in total. The van der Waals surface area contributed by atoms with Gasteiger partial charge in [0.15, 0.2) is 0 Å². The number of rotatable bonds is 7. The van der Waals surface area contributed by atoms with E-state index in [1.54, 1.807) is 18.2 Å². The van der Waals surface area contributed by atoms with Crippen molar-refractivity contribution in [1.82, 2.24) is 24.5 Å². The first-order valence-electron chi connectivity index (χ1n) is 8.57. The average Bonchev–Trinajstić information content (AvgIpc) is 3.28. The van der Waals surface area contributed by atoms with E-state index in [0.717, 1.165) is 0 Å². The standard InChI is InChI=1S/C17H13Cl3F4N6O/c1-7(30-13(15(23)24)11(20)12(27-30)14(21)22)16(31)26-17-25-6-29(28-17)5-8-9(18)3-2-4-10(8)19/h2-4,6-7,14-15H,5H2,1H3,(H,26,28,31). The van der Waals surface area contributed by atoms with Gasteiger partial charge >= 0.3 is 0 Å². The van der Waals surface area contributed by atoms with Crippen LogP contribution in [0.2, 0.25) is 15.1 Å². The molecule has 31 heavy (non-hydrogen) atoms. The van der Waals surface area contributed by atoms with Crippen LogP contribution in [0.15, 0.2) is 24.5 Å². The monoisotopic (exact) mass is 498 g/mol. The number of halogens is 7. The first-order chi connectivity index (χ1) is 14.6. The van der Waals surface area contributed by atoms with Crippen LogP contribution in [0.5, 0.6) is 0 Å². The zero-order valence-corrected chi connectivity index (χ0v) is 17.8. The Labute approximate surface area is 187 Å². The first kappa shape index (κ1) is 23.3. The molecule has 1 amide bonds. The summed E-state index contributed by atoms with van der Waals surface area (Å²) in [6, 6.07) is 3.57. The van der Waals surface area contributed by atoms with Crippen LogP contribution in [-0.2, 0) is 11.3 Å². The van der Waals surface area contributed by atoms with Gasteiger partial charge in [-0.25, -0.2) is 31.9 Å². The van der Waals surface area contributed by atoms with E-state index in [0.29, 0.717) is 20.3 Å². The molecule has 0 saturated carbocycles. The minimum absolute atomic E-state index is 0.147. The molecule has 3 aromatic rings. The van der Waals surface area contributed by atoms with E-state index in [1.807, 2.05) is 0 Å². The highest BCUT2D eigenvalue weighted by Crippen LogP contribution is 2.36. The molecule has 7 nitrogen and oxygen atoms in total. The van der Waals surface area contributed by atoms with E-state index in [9.17, 15) is 22.4 Å². The molecule has 2 heterocycles.